The highest BCUT2D eigenvalue weighted by Gasteiger charge is 2.32. The lowest BCUT2D eigenvalue weighted by Gasteiger charge is -2.27. The van der Waals surface area contributed by atoms with Gasteiger partial charge in [0.05, 0.1) is 13.2 Å². The summed E-state index contributed by atoms with van der Waals surface area (Å²) in [7, 11) is 0. The molecule has 0 amide bonds. The molecule has 0 spiro atoms. The van der Waals surface area contributed by atoms with Gasteiger partial charge in [0.15, 0.2) is 0 Å². The van der Waals surface area contributed by atoms with Crippen molar-refractivity contribution in [3.63, 3.8) is 0 Å². The summed E-state index contributed by atoms with van der Waals surface area (Å²) in [4.78, 5) is 0. The van der Waals surface area contributed by atoms with Crippen molar-refractivity contribution in [1.29, 1.82) is 0 Å². The number of benzene rings is 4. The molecule has 2 saturated heterocycles. The molecule has 2 fully saturated rings. The van der Waals surface area contributed by atoms with Gasteiger partial charge in [-0.1, -0.05) is 0 Å². The molecule has 4 aromatic carbocycles. The standard InChI is InChI=1S/C48H62O6/c1-22-24(3)42(25(4)23(2)41(22)40-21-51-40)43-26(5)32(11)46(33(12)27(43)6)52-17-38(49)18-53-47-34(13)28(7)44(29(8)35(47)14)45-30(9)36(15)48(37(16)31(45)10)54-20-39-19-50-39/h38-40,49H,17-21H2,1-16H3. The molecule has 0 radical (unpaired) electrons. The van der Waals surface area contributed by atoms with Crippen LogP contribution < -0.4 is 14.2 Å². The van der Waals surface area contributed by atoms with Gasteiger partial charge in [-0.05, 0) is 228 Å². The second kappa shape index (κ2) is 15.0. The first-order chi connectivity index (χ1) is 25.4. The van der Waals surface area contributed by atoms with E-state index in [-0.39, 0.29) is 25.4 Å². The summed E-state index contributed by atoms with van der Waals surface area (Å²) in [5, 5.41) is 11.2. The van der Waals surface area contributed by atoms with Crippen molar-refractivity contribution < 1.29 is 28.8 Å². The van der Waals surface area contributed by atoms with Crippen molar-refractivity contribution in [3.8, 4) is 39.5 Å². The second-order valence-electron chi connectivity index (χ2n) is 16.3. The minimum atomic E-state index is -0.807. The molecule has 6 nitrogen and oxygen atoms in total. The Labute approximate surface area is 324 Å². The number of hydrogen-bond donors (Lipinski definition) is 1. The SMILES string of the molecule is Cc1c(C)c(-c2c(C)c(C)c(OCC3CO3)c(C)c2C)c(C)c(C)c1OCC(O)COc1c(C)c(C)c(-c2c(C)c(C)c(C3CO3)c(C)c2C)c(C)c1C. The number of hydrogen-bond acceptors (Lipinski definition) is 6. The first kappa shape index (κ1) is 39.8. The van der Waals surface area contributed by atoms with E-state index in [9.17, 15) is 5.11 Å². The smallest absolute Gasteiger partial charge is 0.125 e. The fourth-order valence-electron chi connectivity index (χ4n) is 8.77. The Morgan fingerprint density at radius 2 is 0.704 bits per heavy atom. The first-order valence-corrected chi connectivity index (χ1v) is 19.6. The Kier molecular flexibility index (Phi) is 11.1. The molecule has 290 valence electrons. The number of epoxide rings is 2. The average molecular weight is 735 g/mol. The maximum absolute atomic E-state index is 11.2. The summed E-state index contributed by atoms with van der Waals surface area (Å²) in [6.45, 7) is 37.4. The number of aliphatic hydroxyl groups excluding tert-OH is 1. The molecule has 0 aliphatic carbocycles. The average Bonchev–Trinajstić information content (AvgIpc) is 4.08. The summed E-state index contributed by atoms with van der Waals surface area (Å²) in [6, 6.07) is 0. The Morgan fingerprint density at radius 3 is 0.981 bits per heavy atom. The lowest BCUT2D eigenvalue weighted by Crippen LogP contribution is -2.26. The van der Waals surface area contributed by atoms with Crippen LogP contribution in [0.15, 0.2) is 0 Å². The molecule has 0 bridgehead atoms. The van der Waals surface area contributed by atoms with Crippen molar-refractivity contribution >= 4 is 0 Å². The predicted molar refractivity (Wildman–Crippen MR) is 220 cm³/mol. The zero-order chi connectivity index (χ0) is 39.7. The number of aliphatic hydroxyl groups is 1. The van der Waals surface area contributed by atoms with Crippen LogP contribution in [0.25, 0.3) is 22.3 Å². The summed E-state index contributed by atoms with van der Waals surface area (Å²) >= 11 is 0. The normalized spacial score (nSPS) is 16.8. The van der Waals surface area contributed by atoms with E-state index in [0.29, 0.717) is 6.61 Å². The predicted octanol–water partition coefficient (Wildman–Crippen LogP) is 10.6. The van der Waals surface area contributed by atoms with Gasteiger partial charge in [-0.2, -0.15) is 0 Å². The molecule has 3 unspecified atom stereocenters. The minimum absolute atomic E-state index is 0.134. The molecule has 4 aromatic rings. The topological polar surface area (TPSA) is 73.0 Å². The van der Waals surface area contributed by atoms with Crippen LogP contribution >= 0.6 is 0 Å². The van der Waals surface area contributed by atoms with E-state index in [2.05, 4.69) is 111 Å². The van der Waals surface area contributed by atoms with Crippen LogP contribution in [0.2, 0.25) is 0 Å². The van der Waals surface area contributed by atoms with E-state index in [1.165, 1.54) is 94.6 Å². The van der Waals surface area contributed by atoms with Crippen LogP contribution in [0.1, 0.15) is 101 Å². The molecular weight excluding hydrogens is 673 g/mol. The molecule has 0 aromatic heterocycles. The molecule has 54 heavy (non-hydrogen) atoms. The molecule has 3 atom stereocenters. The van der Waals surface area contributed by atoms with Gasteiger partial charge in [0, 0.05) is 0 Å². The van der Waals surface area contributed by atoms with E-state index >= 15 is 0 Å². The van der Waals surface area contributed by atoms with Gasteiger partial charge in [0.1, 0.15) is 55.4 Å². The quantitative estimate of drug-likeness (QED) is 0.146. The summed E-state index contributed by atoms with van der Waals surface area (Å²) in [5.41, 5.74) is 25.8. The number of ether oxygens (including phenoxy) is 5. The van der Waals surface area contributed by atoms with Gasteiger partial charge in [0.25, 0.3) is 0 Å². The third kappa shape index (κ3) is 6.84. The van der Waals surface area contributed by atoms with E-state index < -0.39 is 6.10 Å². The van der Waals surface area contributed by atoms with Crippen molar-refractivity contribution in [2.45, 2.75) is 129 Å². The third-order valence-electron chi connectivity index (χ3n) is 13.2. The van der Waals surface area contributed by atoms with E-state index in [0.717, 1.165) is 52.7 Å². The monoisotopic (exact) mass is 734 g/mol. The van der Waals surface area contributed by atoms with Crippen molar-refractivity contribution in [2.24, 2.45) is 0 Å². The Balaban J connectivity index is 1.22. The molecule has 2 heterocycles. The fourth-order valence-corrected chi connectivity index (χ4v) is 8.77. The van der Waals surface area contributed by atoms with Crippen LogP contribution in [0.4, 0.5) is 0 Å². The molecule has 6 heteroatoms. The largest absolute Gasteiger partial charge is 0.490 e. The Bertz CT molecular complexity index is 2050. The van der Waals surface area contributed by atoms with Crippen LogP contribution in [0.3, 0.4) is 0 Å². The number of rotatable bonds is 12. The van der Waals surface area contributed by atoms with Crippen LogP contribution in [0, 0.1) is 111 Å². The lowest BCUT2D eigenvalue weighted by molar-refractivity contribution is 0.0616. The molecule has 2 aliphatic rings. The second-order valence-corrected chi connectivity index (χ2v) is 16.3. The molecular formula is C48H62O6. The van der Waals surface area contributed by atoms with Gasteiger partial charge in [-0.3, -0.25) is 0 Å². The van der Waals surface area contributed by atoms with E-state index in [1.807, 2.05) is 0 Å². The van der Waals surface area contributed by atoms with Gasteiger partial charge in [-0.15, -0.1) is 0 Å². The molecule has 1 N–H and O–H groups in total. The van der Waals surface area contributed by atoms with Gasteiger partial charge in [-0.25, -0.2) is 0 Å². The maximum atomic E-state index is 11.2. The van der Waals surface area contributed by atoms with Crippen molar-refractivity contribution in [2.75, 3.05) is 33.0 Å². The van der Waals surface area contributed by atoms with Crippen LogP contribution in [0.5, 0.6) is 17.2 Å². The van der Waals surface area contributed by atoms with Crippen molar-refractivity contribution in [3.05, 3.63) is 94.6 Å². The van der Waals surface area contributed by atoms with Gasteiger partial charge >= 0.3 is 0 Å². The fraction of sp³-hybridized carbons (Fsp3) is 0.500. The van der Waals surface area contributed by atoms with Crippen LogP contribution in [-0.4, -0.2) is 50.3 Å². The molecule has 6 rings (SSSR count). The maximum Gasteiger partial charge on any atom is 0.125 e. The minimum Gasteiger partial charge on any atom is -0.490 e. The van der Waals surface area contributed by atoms with E-state index in [4.69, 9.17) is 23.7 Å². The van der Waals surface area contributed by atoms with Crippen molar-refractivity contribution in [1.82, 2.24) is 0 Å². The highest BCUT2D eigenvalue weighted by Crippen LogP contribution is 2.47. The molecule has 2 aliphatic heterocycles. The molecule has 0 saturated carbocycles. The zero-order valence-corrected chi connectivity index (χ0v) is 35.8. The van der Waals surface area contributed by atoms with Gasteiger partial charge < -0.3 is 28.8 Å². The summed E-state index contributed by atoms with van der Waals surface area (Å²) < 4.78 is 30.3. The van der Waals surface area contributed by atoms with E-state index in [1.54, 1.807) is 0 Å². The van der Waals surface area contributed by atoms with Gasteiger partial charge in [0.2, 0.25) is 0 Å². The zero-order valence-electron chi connectivity index (χ0n) is 35.8. The van der Waals surface area contributed by atoms with Crippen LogP contribution in [-0.2, 0) is 9.47 Å². The highest BCUT2D eigenvalue weighted by molar-refractivity contribution is 5.84. The lowest BCUT2D eigenvalue weighted by atomic mass is 9.80. The third-order valence-corrected chi connectivity index (χ3v) is 13.2. The first-order valence-electron chi connectivity index (χ1n) is 19.6. The Hall–Kier alpha value is -3.84. The Morgan fingerprint density at radius 1 is 0.426 bits per heavy atom. The summed E-state index contributed by atoms with van der Waals surface area (Å²) in [5.74, 6) is 2.65. The highest BCUT2D eigenvalue weighted by atomic mass is 16.6. The summed E-state index contributed by atoms with van der Waals surface area (Å²) in [6.07, 6.45) is -0.366.